The zero-order valence-corrected chi connectivity index (χ0v) is 12.1. The Kier molecular flexibility index (Phi) is 4.68. The van der Waals surface area contributed by atoms with Crippen molar-refractivity contribution in [3.63, 3.8) is 0 Å². The first-order valence-corrected chi connectivity index (χ1v) is 6.49. The maximum Gasteiger partial charge on any atom is 0.330 e. The molecule has 0 aromatic rings. The number of ether oxygens (including phenoxy) is 1. The fourth-order valence-electron chi connectivity index (χ4n) is 2.19. The van der Waals surface area contributed by atoms with Gasteiger partial charge in [0.1, 0.15) is 5.92 Å². The number of hydrogen-bond donors (Lipinski definition) is 1. The van der Waals surface area contributed by atoms with Crippen LogP contribution >= 0.6 is 0 Å². The summed E-state index contributed by atoms with van der Waals surface area (Å²) < 4.78 is 5.49. The summed E-state index contributed by atoms with van der Waals surface area (Å²) in [5.41, 5.74) is -0.635. The molecule has 6 nitrogen and oxygen atoms in total. The van der Waals surface area contributed by atoms with Gasteiger partial charge in [-0.2, -0.15) is 0 Å². The highest BCUT2D eigenvalue weighted by molar-refractivity contribution is 6.16. The minimum atomic E-state index is -0.810. The van der Waals surface area contributed by atoms with Crippen LogP contribution in [0.4, 0.5) is 4.79 Å². The molecule has 0 saturated carbocycles. The van der Waals surface area contributed by atoms with Crippen LogP contribution in [-0.4, -0.2) is 41.5 Å². The van der Waals surface area contributed by atoms with Crippen LogP contribution in [0.1, 0.15) is 34.6 Å². The van der Waals surface area contributed by atoms with Gasteiger partial charge in [-0.3, -0.25) is 19.8 Å². The topological polar surface area (TPSA) is 75.7 Å². The zero-order valence-electron chi connectivity index (χ0n) is 12.1. The largest absolute Gasteiger partial charge is 0.374 e. The second-order valence-corrected chi connectivity index (χ2v) is 5.63. The molecule has 0 aliphatic carbocycles. The molecule has 4 amide bonds. The molecule has 0 spiro atoms. The van der Waals surface area contributed by atoms with Gasteiger partial charge < -0.3 is 4.74 Å². The number of barbiturate groups is 1. The molecule has 0 bridgehead atoms. The van der Waals surface area contributed by atoms with Crippen molar-refractivity contribution in [1.82, 2.24) is 10.2 Å². The van der Waals surface area contributed by atoms with E-state index in [0.717, 1.165) is 4.90 Å². The average molecular weight is 270 g/mol. The maximum atomic E-state index is 12.3. The summed E-state index contributed by atoms with van der Waals surface area (Å²) in [4.78, 5) is 36.8. The number of carbonyl (C=O) groups is 3. The highest BCUT2D eigenvalue weighted by atomic mass is 16.5. The van der Waals surface area contributed by atoms with E-state index in [4.69, 9.17) is 4.74 Å². The third kappa shape index (κ3) is 3.53. The van der Waals surface area contributed by atoms with Gasteiger partial charge in [-0.15, -0.1) is 0 Å². The summed E-state index contributed by atoms with van der Waals surface area (Å²) in [5, 5.41) is 2.23. The van der Waals surface area contributed by atoms with E-state index in [0.29, 0.717) is 6.61 Å². The van der Waals surface area contributed by atoms with Crippen LogP contribution in [0.5, 0.6) is 0 Å². The minimum absolute atomic E-state index is 0.127. The predicted octanol–water partition coefficient (Wildman–Crippen LogP) is 1.15. The molecule has 1 aliphatic rings. The van der Waals surface area contributed by atoms with Crippen LogP contribution in [0.15, 0.2) is 0 Å². The number of nitrogens with zero attached hydrogens (tertiary/aromatic N) is 1. The van der Waals surface area contributed by atoms with Crippen LogP contribution in [0, 0.1) is 11.8 Å². The van der Waals surface area contributed by atoms with Gasteiger partial charge in [-0.05, 0) is 26.7 Å². The van der Waals surface area contributed by atoms with E-state index in [9.17, 15) is 14.4 Å². The number of nitrogens with one attached hydrogen (secondary N) is 1. The third-order valence-electron chi connectivity index (χ3n) is 3.03. The van der Waals surface area contributed by atoms with Gasteiger partial charge in [-0.25, -0.2) is 4.79 Å². The number of rotatable bonds is 5. The van der Waals surface area contributed by atoms with E-state index >= 15 is 0 Å². The van der Waals surface area contributed by atoms with Crippen LogP contribution in [0.25, 0.3) is 0 Å². The Balaban J connectivity index is 2.90. The SMILES string of the molecule is CCOC(C)(C)CN1C(=O)NC(=O)C(C(C)C)C1=O. The Labute approximate surface area is 113 Å². The molecule has 1 N–H and O–H groups in total. The van der Waals surface area contributed by atoms with E-state index < -0.39 is 29.4 Å². The fourth-order valence-corrected chi connectivity index (χ4v) is 2.19. The Morgan fingerprint density at radius 2 is 1.89 bits per heavy atom. The monoisotopic (exact) mass is 270 g/mol. The molecule has 108 valence electrons. The maximum absolute atomic E-state index is 12.3. The highest BCUT2D eigenvalue weighted by Gasteiger charge is 2.43. The number of urea groups is 1. The average Bonchev–Trinajstić information content (AvgIpc) is 2.23. The first-order valence-electron chi connectivity index (χ1n) is 6.49. The quantitative estimate of drug-likeness (QED) is 0.760. The molecular weight excluding hydrogens is 248 g/mol. The lowest BCUT2D eigenvalue weighted by Crippen LogP contribution is -2.61. The van der Waals surface area contributed by atoms with Crippen molar-refractivity contribution in [2.75, 3.05) is 13.2 Å². The summed E-state index contributed by atoms with van der Waals surface area (Å²) in [7, 11) is 0. The summed E-state index contributed by atoms with van der Waals surface area (Å²) in [6.07, 6.45) is 0. The van der Waals surface area contributed by atoms with E-state index in [1.165, 1.54) is 0 Å². The van der Waals surface area contributed by atoms with Gasteiger partial charge in [0.05, 0.1) is 12.1 Å². The van der Waals surface area contributed by atoms with Crippen LogP contribution in [-0.2, 0) is 14.3 Å². The molecule has 1 fully saturated rings. The Bertz CT molecular complexity index is 390. The van der Waals surface area contributed by atoms with Crippen molar-refractivity contribution in [2.24, 2.45) is 11.8 Å². The first kappa shape index (κ1) is 15.6. The summed E-state index contributed by atoms with van der Waals surface area (Å²) >= 11 is 0. The van der Waals surface area contributed by atoms with Gasteiger partial charge in [0, 0.05) is 6.61 Å². The Hall–Kier alpha value is -1.43. The normalized spacial score (nSPS) is 21.1. The molecule has 0 radical (unpaired) electrons. The number of imide groups is 2. The molecule has 1 saturated heterocycles. The first-order chi connectivity index (χ1) is 8.69. The number of carbonyl (C=O) groups excluding carboxylic acids is 3. The molecule has 0 aromatic carbocycles. The lowest BCUT2D eigenvalue weighted by Gasteiger charge is -2.36. The van der Waals surface area contributed by atoms with Crippen molar-refractivity contribution in [1.29, 1.82) is 0 Å². The fraction of sp³-hybridized carbons (Fsp3) is 0.769. The van der Waals surface area contributed by atoms with Gasteiger partial charge >= 0.3 is 6.03 Å². The predicted molar refractivity (Wildman–Crippen MR) is 69.3 cm³/mol. The molecular formula is C13H22N2O4. The van der Waals surface area contributed by atoms with Crippen molar-refractivity contribution in [3.05, 3.63) is 0 Å². The summed E-state index contributed by atoms with van der Waals surface area (Å²) in [5.74, 6) is -1.93. The Morgan fingerprint density at radius 1 is 1.32 bits per heavy atom. The number of amides is 4. The Morgan fingerprint density at radius 3 is 2.37 bits per heavy atom. The second-order valence-electron chi connectivity index (χ2n) is 5.63. The van der Waals surface area contributed by atoms with Crippen molar-refractivity contribution >= 4 is 17.8 Å². The van der Waals surface area contributed by atoms with Gasteiger partial charge in [0.15, 0.2) is 0 Å². The third-order valence-corrected chi connectivity index (χ3v) is 3.03. The van der Waals surface area contributed by atoms with Crippen LogP contribution in [0.2, 0.25) is 0 Å². The smallest absolute Gasteiger partial charge is 0.330 e. The van der Waals surface area contributed by atoms with E-state index in [1.54, 1.807) is 27.7 Å². The molecule has 0 aromatic heterocycles. The second kappa shape index (κ2) is 5.69. The van der Waals surface area contributed by atoms with Gasteiger partial charge in [-0.1, -0.05) is 13.8 Å². The van der Waals surface area contributed by atoms with E-state index in [1.807, 2.05) is 6.92 Å². The standard InChI is InChI=1S/C13H22N2O4/c1-6-19-13(4,5)7-15-11(17)9(8(2)3)10(16)14-12(15)18/h8-9H,6-7H2,1-5H3,(H,14,16,18). The zero-order chi connectivity index (χ0) is 14.8. The van der Waals surface area contributed by atoms with Crippen molar-refractivity contribution in [3.8, 4) is 0 Å². The minimum Gasteiger partial charge on any atom is -0.374 e. The van der Waals surface area contributed by atoms with Crippen molar-refractivity contribution in [2.45, 2.75) is 40.2 Å². The lowest BCUT2D eigenvalue weighted by atomic mass is 9.91. The van der Waals surface area contributed by atoms with E-state index in [-0.39, 0.29) is 12.5 Å². The molecule has 1 atom stereocenters. The van der Waals surface area contributed by atoms with E-state index in [2.05, 4.69) is 5.32 Å². The number of hydrogen-bond acceptors (Lipinski definition) is 4. The summed E-state index contributed by atoms with van der Waals surface area (Å²) in [6.45, 7) is 9.63. The molecule has 1 aliphatic heterocycles. The molecule has 1 unspecified atom stereocenters. The lowest BCUT2D eigenvalue weighted by molar-refractivity contribution is -0.147. The molecule has 1 rings (SSSR count). The van der Waals surface area contributed by atoms with Gasteiger partial charge in [0.2, 0.25) is 11.8 Å². The molecule has 19 heavy (non-hydrogen) atoms. The highest BCUT2D eigenvalue weighted by Crippen LogP contribution is 2.21. The molecule has 1 heterocycles. The molecule has 6 heteroatoms. The van der Waals surface area contributed by atoms with Gasteiger partial charge in [0.25, 0.3) is 0 Å². The summed E-state index contributed by atoms with van der Waals surface area (Å²) in [6, 6.07) is -0.667. The van der Waals surface area contributed by atoms with Crippen LogP contribution < -0.4 is 5.32 Å². The van der Waals surface area contributed by atoms with Crippen molar-refractivity contribution < 1.29 is 19.1 Å². The van der Waals surface area contributed by atoms with Crippen LogP contribution in [0.3, 0.4) is 0 Å².